The molecule has 0 saturated heterocycles. The highest BCUT2D eigenvalue weighted by Crippen LogP contribution is 2.50. The molecule has 1 aliphatic carbocycles. The molecule has 0 radical (unpaired) electrons. The van der Waals surface area contributed by atoms with Gasteiger partial charge in [-0.2, -0.15) is 0 Å². The van der Waals surface area contributed by atoms with Gasteiger partial charge in [0.1, 0.15) is 0 Å². The molecule has 0 aromatic heterocycles. The first-order valence-corrected chi connectivity index (χ1v) is 23.6. The lowest BCUT2D eigenvalue weighted by atomic mass is 9.81. The third kappa shape index (κ3) is 7.49. The third-order valence-electron chi connectivity index (χ3n) is 14.1. The zero-order valence-corrected chi connectivity index (χ0v) is 38.3. The predicted octanol–water partition coefficient (Wildman–Crippen LogP) is 18.6. The summed E-state index contributed by atoms with van der Waals surface area (Å²) in [5, 5.41) is 2.52. The van der Waals surface area contributed by atoms with Crippen LogP contribution in [0.4, 0.5) is 17.1 Å². The molecule has 1 nitrogen and oxygen atoms in total. The van der Waals surface area contributed by atoms with Crippen LogP contribution in [-0.4, -0.2) is 0 Å². The molecule has 68 heavy (non-hydrogen) atoms. The summed E-state index contributed by atoms with van der Waals surface area (Å²) >= 11 is 0. The smallest absolute Gasteiger partial charge is 0.0462 e. The van der Waals surface area contributed by atoms with E-state index >= 15 is 0 Å². The van der Waals surface area contributed by atoms with E-state index in [4.69, 9.17) is 0 Å². The van der Waals surface area contributed by atoms with Gasteiger partial charge in [0, 0.05) is 22.5 Å². The molecule has 11 aromatic rings. The van der Waals surface area contributed by atoms with Gasteiger partial charge in [0.05, 0.1) is 0 Å². The van der Waals surface area contributed by atoms with Crippen molar-refractivity contribution in [2.24, 2.45) is 0 Å². The quantitative estimate of drug-likeness (QED) is 0.140. The van der Waals surface area contributed by atoms with Gasteiger partial charge in [0.15, 0.2) is 0 Å². The first-order chi connectivity index (χ1) is 33.4. The minimum Gasteiger partial charge on any atom is -0.311 e. The molecule has 0 N–H and O–H groups in total. The maximum absolute atomic E-state index is 2.41. The van der Waals surface area contributed by atoms with Crippen molar-refractivity contribution in [3.05, 3.63) is 272 Å². The van der Waals surface area contributed by atoms with Gasteiger partial charge in [-0.25, -0.2) is 0 Å². The normalized spacial score (nSPS) is 12.4. The number of nitrogens with zero attached hydrogens (tertiary/aromatic N) is 1. The fourth-order valence-electron chi connectivity index (χ4n) is 10.4. The van der Waals surface area contributed by atoms with Crippen LogP contribution in [0.3, 0.4) is 0 Å². The van der Waals surface area contributed by atoms with Crippen LogP contribution < -0.4 is 4.90 Å². The van der Waals surface area contributed by atoms with Crippen LogP contribution in [-0.2, 0) is 5.41 Å². The van der Waals surface area contributed by atoms with Gasteiger partial charge in [0.2, 0.25) is 0 Å². The van der Waals surface area contributed by atoms with Crippen LogP contribution >= 0.6 is 0 Å². The minimum atomic E-state index is -0.0501. The van der Waals surface area contributed by atoms with Crippen LogP contribution in [0.25, 0.3) is 88.7 Å². The average molecular weight is 868 g/mol. The van der Waals surface area contributed by atoms with Crippen molar-refractivity contribution in [1.29, 1.82) is 0 Å². The second-order valence-electron chi connectivity index (χ2n) is 18.5. The van der Waals surface area contributed by atoms with Gasteiger partial charge in [-0.05, 0) is 154 Å². The summed E-state index contributed by atoms with van der Waals surface area (Å²) in [4.78, 5) is 2.37. The van der Waals surface area contributed by atoms with E-state index in [0.717, 1.165) is 17.1 Å². The molecule has 0 bridgehead atoms. The third-order valence-corrected chi connectivity index (χ3v) is 14.1. The largest absolute Gasteiger partial charge is 0.311 e. The highest BCUT2D eigenvalue weighted by Gasteiger charge is 2.35. The highest BCUT2D eigenvalue weighted by atomic mass is 15.1. The molecule has 322 valence electrons. The van der Waals surface area contributed by atoms with Crippen LogP contribution in [0.5, 0.6) is 0 Å². The number of anilines is 3. The summed E-state index contributed by atoms with van der Waals surface area (Å²) in [5.41, 5.74) is 23.2. The molecule has 0 spiro atoms. The molecule has 0 saturated carbocycles. The summed E-state index contributed by atoms with van der Waals surface area (Å²) in [6.07, 6.45) is 0. The summed E-state index contributed by atoms with van der Waals surface area (Å²) in [6.45, 7) is 4.70. The number of hydrogen-bond donors (Lipinski definition) is 0. The van der Waals surface area contributed by atoms with Crippen LogP contribution in [0, 0.1) is 0 Å². The molecule has 1 heteroatoms. The van der Waals surface area contributed by atoms with Gasteiger partial charge < -0.3 is 4.90 Å². The van der Waals surface area contributed by atoms with Gasteiger partial charge in [-0.15, -0.1) is 0 Å². The van der Waals surface area contributed by atoms with Gasteiger partial charge in [-0.3, -0.25) is 0 Å². The van der Waals surface area contributed by atoms with E-state index in [0.29, 0.717) is 0 Å². The van der Waals surface area contributed by atoms with Crippen LogP contribution in [0.15, 0.2) is 261 Å². The Morgan fingerprint density at radius 2 is 0.618 bits per heavy atom. The Bertz CT molecular complexity index is 3600. The molecule has 1 aliphatic rings. The maximum atomic E-state index is 2.41. The number of benzene rings is 11. The zero-order chi connectivity index (χ0) is 45.6. The van der Waals surface area contributed by atoms with Crippen molar-refractivity contribution >= 4 is 27.8 Å². The minimum absolute atomic E-state index is 0.0501. The average Bonchev–Trinajstić information content (AvgIpc) is 3.64. The van der Waals surface area contributed by atoms with Crippen molar-refractivity contribution in [3.63, 3.8) is 0 Å². The van der Waals surface area contributed by atoms with Gasteiger partial charge >= 0.3 is 0 Å². The van der Waals surface area contributed by atoms with Crippen molar-refractivity contribution in [1.82, 2.24) is 0 Å². The molecule has 0 heterocycles. The van der Waals surface area contributed by atoms with Crippen LogP contribution in [0.1, 0.15) is 25.0 Å². The van der Waals surface area contributed by atoms with Gasteiger partial charge in [-0.1, -0.05) is 220 Å². The van der Waals surface area contributed by atoms with Crippen molar-refractivity contribution < 1.29 is 0 Å². The van der Waals surface area contributed by atoms with E-state index in [2.05, 4.69) is 280 Å². The monoisotopic (exact) mass is 867 g/mol. The Balaban J connectivity index is 0.858. The second kappa shape index (κ2) is 17.0. The van der Waals surface area contributed by atoms with Crippen LogP contribution in [0.2, 0.25) is 0 Å². The summed E-state index contributed by atoms with van der Waals surface area (Å²) in [5.74, 6) is 0. The lowest BCUT2D eigenvalue weighted by molar-refractivity contribution is 0.660. The maximum Gasteiger partial charge on any atom is 0.0462 e. The molecular formula is C67H49N. The van der Waals surface area contributed by atoms with E-state index in [1.807, 2.05) is 0 Å². The Morgan fingerprint density at radius 1 is 0.235 bits per heavy atom. The van der Waals surface area contributed by atoms with E-state index in [1.165, 1.54) is 99.8 Å². The Hall–Kier alpha value is -8.52. The fraction of sp³-hybridized carbons (Fsp3) is 0.0448. The standard InChI is InChI=1S/C67H49N/c1-67(2)65-22-11-10-21-63(65)64-42-35-57(45-66(64)67)50-31-38-59(39-32-50)68(60-40-33-52(34-41-60)62-20-9-8-19-61(62)51-14-4-3-5-15-51)58-36-29-48(30-37-58)47-23-25-49(26-24-47)54-17-12-18-55(43-54)56-28-27-46-13-6-7-16-53(46)44-56/h3-45H,1-2H3. The molecule has 12 rings (SSSR count). The SMILES string of the molecule is CC1(C)c2ccccc2-c2ccc(-c3ccc(N(c4ccc(-c5ccc(-c6cccc(-c7ccc8ccccc8c7)c6)cc5)cc4)c4ccc(-c5ccccc5-c5ccccc5)cc4)cc3)cc21. The Morgan fingerprint density at radius 3 is 1.24 bits per heavy atom. The molecule has 11 aromatic carbocycles. The Labute approximate surface area is 399 Å². The number of hydrogen-bond acceptors (Lipinski definition) is 1. The highest BCUT2D eigenvalue weighted by molar-refractivity contribution is 5.90. The molecule has 0 amide bonds. The summed E-state index contributed by atoms with van der Waals surface area (Å²) in [7, 11) is 0. The second-order valence-corrected chi connectivity index (χ2v) is 18.5. The van der Waals surface area contributed by atoms with Gasteiger partial charge in [0.25, 0.3) is 0 Å². The van der Waals surface area contributed by atoms with E-state index in [9.17, 15) is 0 Å². The van der Waals surface area contributed by atoms with E-state index in [-0.39, 0.29) is 5.41 Å². The molecule has 0 aliphatic heterocycles. The van der Waals surface area contributed by atoms with E-state index < -0.39 is 0 Å². The van der Waals surface area contributed by atoms with E-state index in [1.54, 1.807) is 0 Å². The Kier molecular flexibility index (Phi) is 10.3. The van der Waals surface area contributed by atoms with Crippen molar-refractivity contribution in [2.75, 3.05) is 4.90 Å². The first-order valence-electron chi connectivity index (χ1n) is 23.6. The summed E-state index contributed by atoms with van der Waals surface area (Å²) in [6, 6.07) is 95.5. The lowest BCUT2D eigenvalue weighted by Gasteiger charge is -2.26. The topological polar surface area (TPSA) is 3.24 Å². The van der Waals surface area contributed by atoms with Crippen molar-refractivity contribution in [2.45, 2.75) is 19.3 Å². The zero-order valence-electron chi connectivity index (χ0n) is 38.3. The molecule has 0 fully saturated rings. The molecule has 0 unspecified atom stereocenters. The molecular weight excluding hydrogens is 819 g/mol. The fourth-order valence-corrected chi connectivity index (χ4v) is 10.4. The molecule has 0 atom stereocenters. The number of fused-ring (bicyclic) bond motifs is 4. The first kappa shape index (κ1) is 40.9. The predicted molar refractivity (Wildman–Crippen MR) is 289 cm³/mol. The lowest BCUT2D eigenvalue weighted by Crippen LogP contribution is -2.14. The number of rotatable bonds is 9. The summed E-state index contributed by atoms with van der Waals surface area (Å²) < 4.78 is 0. The van der Waals surface area contributed by atoms with Crippen molar-refractivity contribution in [3.8, 4) is 77.9 Å².